The van der Waals surface area contributed by atoms with Gasteiger partial charge in [-0.25, -0.2) is 0 Å². The van der Waals surface area contributed by atoms with Gasteiger partial charge in [0.05, 0.1) is 12.7 Å². The van der Waals surface area contributed by atoms with Gasteiger partial charge in [0.2, 0.25) is 0 Å². The number of hydrogen-bond acceptors (Lipinski definition) is 2. The average molecular weight is 238 g/mol. The second kappa shape index (κ2) is 4.57. The molecule has 1 aliphatic heterocycles. The Morgan fingerprint density at radius 1 is 1.00 bits per heavy atom. The topological polar surface area (TPSA) is 18.5 Å². The van der Waals surface area contributed by atoms with E-state index in [1.54, 1.807) is 7.11 Å². The maximum absolute atomic E-state index is 5.99. The molecular weight excluding hydrogens is 224 g/mol. The van der Waals surface area contributed by atoms with Gasteiger partial charge in [-0.1, -0.05) is 36.4 Å². The molecule has 18 heavy (non-hydrogen) atoms. The maximum atomic E-state index is 5.99. The van der Waals surface area contributed by atoms with E-state index in [1.165, 1.54) is 0 Å². The molecule has 2 aromatic carbocycles. The molecule has 2 nitrogen and oxygen atoms in total. The van der Waals surface area contributed by atoms with Crippen LogP contribution in [0.1, 0.15) is 17.2 Å². The lowest BCUT2D eigenvalue weighted by atomic mass is 10.0. The van der Waals surface area contributed by atoms with E-state index >= 15 is 0 Å². The van der Waals surface area contributed by atoms with Gasteiger partial charge >= 0.3 is 0 Å². The van der Waals surface area contributed by atoms with Gasteiger partial charge in [0.25, 0.3) is 0 Å². The molecule has 2 aromatic rings. The molecule has 0 saturated heterocycles. The third-order valence-corrected chi connectivity index (χ3v) is 3.07. The summed E-state index contributed by atoms with van der Waals surface area (Å²) in [5.41, 5.74) is 2.16. The van der Waals surface area contributed by atoms with Crippen LogP contribution in [0.2, 0.25) is 0 Å². The van der Waals surface area contributed by atoms with Crippen LogP contribution in [0.15, 0.2) is 54.6 Å². The number of fused-ring (bicyclic) bond motifs is 1. The second-order valence-electron chi connectivity index (χ2n) is 4.18. The minimum atomic E-state index is -0.0224. The van der Waals surface area contributed by atoms with Gasteiger partial charge < -0.3 is 9.47 Å². The molecule has 0 aliphatic carbocycles. The van der Waals surface area contributed by atoms with Crippen molar-refractivity contribution in [1.29, 1.82) is 0 Å². The van der Waals surface area contributed by atoms with Gasteiger partial charge in [0.15, 0.2) is 0 Å². The van der Waals surface area contributed by atoms with Crippen molar-refractivity contribution in [3.63, 3.8) is 0 Å². The SMILES string of the molecule is COc1cccc2c1C=C[C@H](c1ccccc1)O2. The van der Waals surface area contributed by atoms with Crippen molar-refractivity contribution >= 4 is 6.08 Å². The van der Waals surface area contributed by atoms with E-state index < -0.39 is 0 Å². The van der Waals surface area contributed by atoms with Crippen molar-refractivity contribution in [3.8, 4) is 11.5 Å². The fourth-order valence-electron chi connectivity index (χ4n) is 2.15. The first-order valence-electron chi connectivity index (χ1n) is 5.95. The van der Waals surface area contributed by atoms with E-state index in [4.69, 9.17) is 9.47 Å². The minimum Gasteiger partial charge on any atom is -0.496 e. The molecule has 1 heterocycles. The predicted octanol–water partition coefficient (Wildman–Crippen LogP) is 3.84. The smallest absolute Gasteiger partial charge is 0.142 e. The fourth-order valence-corrected chi connectivity index (χ4v) is 2.15. The average Bonchev–Trinajstić information content (AvgIpc) is 2.47. The van der Waals surface area contributed by atoms with Crippen molar-refractivity contribution < 1.29 is 9.47 Å². The van der Waals surface area contributed by atoms with Crippen molar-refractivity contribution in [2.45, 2.75) is 6.10 Å². The molecule has 1 atom stereocenters. The molecule has 1 aliphatic rings. The van der Waals surface area contributed by atoms with Crippen LogP contribution in [-0.2, 0) is 0 Å². The van der Waals surface area contributed by atoms with Crippen molar-refractivity contribution in [2.24, 2.45) is 0 Å². The standard InChI is InChI=1S/C16H14O2/c1-17-15-8-5-9-16-13(15)10-11-14(18-16)12-6-3-2-4-7-12/h2-11,14H,1H3/t14-/m1/s1. The van der Waals surface area contributed by atoms with Gasteiger partial charge in [-0.2, -0.15) is 0 Å². The van der Waals surface area contributed by atoms with Gasteiger partial charge in [-0.15, -0.1) is 0 Å². The molecule has 2 heteroatoms. The lowest BCUT2D eigenvalue weighted by molar-refractivity contribution is 0.250. The molecule has 0 aromatic heterocycles. The summed E-state index contributed by atoms with van der Waals surface area (Å²) in [5.74, 6) is 1.71. The fraction of sp³-hybridized carbons (Fsp3) is 0.125. The monoisotopic (exact) mass is 238 g/mol. The summed E-state index contributed by atoms with van der Waals surface area (Å²) in [5, 5.41) is 0. The molecule has 0 N–H and O–H groups in total. The molecule has 0 amide bonds. The number of rotatable bonds is 2. The zero-order chi connectivity index (χ0) is 12.4. The van der Waals surface area contributed by atoms with Gasteiger partial charge in [-0.05, 0) is 29.8 Å². The van der Waals surface area contributed by atoms with Gasteiger partial charge in [0, 0.05) is 0 Å². The molecular formula is C16H14O2. The highest BCUT2D eigenvalue weighted by Gasteiger charge is 2.18. The quantitative estimate of drug-likeness (QED) is 0.791. The molecule has 0 bridgehead atoms. The van der Waals surface area contributed by atoms with E-state index in [0.717, 1.165) is 22.6 Å². The van der Waals surface area contributed by atoms with Crippen LogP contribution in [0, 0.1) is 0 Å². The first-order valence-corrected chi connectivity index (χ1v) is 5.95. The lowest BCUT2D eigenvalue weighted by Crippen LogP contribution is -2.09. The predicted molar refractivity (Wildman–Crippen MR) is 71.8 cm³/mol. The summed E-state index contributed by atoms with van der Waals surface area (Å²) in [6, 6.07) is 16.0. The Bertz CT molecular complexity index is 573. The number of hydrogen-bond donors (Lipinski definition) is 0. The Kier molecular flexibility index (Phi) is 2.77. The molecule has 0 spiro atoms. The summed E-state index contributed by atoms with van der Waals surface area (Å²) in [6.45, 7) is 0. The zero-order valence-corrected chi connectivity index (χ0v) is 10.2. The van der Waals surface area contributed by atoms with Crippen molar-refractivity contribution in [3.05, 3.63) is 65.7 Å². The Labute approximate surface area is 106 Å². The maximum Gasteiger partial charge on any atom is 0.142 e. The summed E-state index contributed by atoms with van der Waals surface area (Å²) < 4.78 is 11.3. The number of benzene rings is 2. The Morgan fingerprint density at radius 3 is 2.61 bits per heavy atom. The summed E-state index contributed by atoms with van der Waals surface area (Å²) in [6.07, 6.45) is 4.10. The molecule has 0 unspecified atom stereocenters. The van der Waals surface area contributed by atoms with E-state index in [9.17, 15) is 0 Å². The largest absolute Gasteiger partial charge is 0.496 e. The zero-order valence-electron chi connectivity index (χ0n) is 10.2. The Balaban J connectivity index is 1.96. The van der Waals surface area contributed by atoms with Crippen LogP contribution < -0.4 is 9.47 Å². The molecule has 0 radical (unpaired) electrons. The second-order valence-corrected chi connectivity index (χ2v) is 4.18. The number of ether oxygens (including phenoxy) is 2. The highest BCUT2D eigenvalue weighted by atomic mass is 16.5. The van der Waals surface area contributed by atoms with Gasteiger partial charge in [-0.3, -0.25) is 0 Å². The minimum absolute atomic E-state index is 0.0224. The van der Waals surface area contributed by atoms with Crippen LogP contribution in [0.4, 0.5) is 0 Å². The normalized spacial score (nSPS) is 16.8. The summed E-state index contributed by atoms with van der Waals surface area (Å²) >= 11 is 0. The Morgan fingerprint density at radius 2 is 1.83 bits per heavy atom. The first kappa shape index (κ1) is 10.9. The highest BCUT2D eigenvalue weighted by Crippen LogP contribution is 2.37. The van der Waals surface area contributed by atoms with Crippen LogP contribution in [0.5, 0.6) is 11.5 Å². The molecule has 0 saturated carbocycles. The van der Waals surface area contributed by atoms with Crippen LogP contribution in [0.25, 0.3) is 6.08 Å². The van der Waals surface area contributed by atoms with E-state index in [2.05, 4.69) is 24.3 Å². The molecule has 90 valence electrons. The van der Waals surface area contributed by atoms with E-state index in [0.29, 0.717) is 0 Å². The molecule has 0 fully saturated rings. The number of methoxy groups -OCH3 is 1. The third kappa shape index (κ3) is 1.86. The van der Waals surface area contributed by atoms with Crippen LogP contribution in [-0.4, -0.2) is 7.11 Å². The molecule has 3 rings (SSSR count). The first-order chi connectivity index (χ1) is 8.88. The van der Waals surface area contributed by atoms with E-state index in [1.807, 2.05) is 36.4 Å². The van der Waals surface area contributed by atoms with Crippen molar-refractivity contribution in [2.75, 3.05) is 7.11 Å². The van der Waals surface area contributed by atoms with Crippen LogP contribution >= 0.6 is 0 Å². The summed E-state index contributed by atoms with van der Waals surface area (Å²) in [7, 11) is 1.67. The Hall–Kier alpha value is -2.22. The highest BCUT2D eigenvalue weighted by molar-refractivity contribution is 5.66. The lowest BCUT2D eigenvalue weighted by Gasteiger charge is -2.22. The van der Waals surface area contributed by atoms with Gasteiger partial charge in [0.1, 0.15) is 17.6 Å². The van der Waals surface area contributed by atoms with E-state index in [-0.39, 0.29) is 6.10 Å². The van der Waals surface area contributed by atoms with Crippen LogP contribution in [0.3, 0.4) is 0 Å². The third-order valence-electron chi connectivity index (χ3n) is 3.07. The van der Waals surface area contributed by atoms with Crippen molar-refractivity contribution in [1.82, 2.24) is 0 Å². The summed E-state index contributed by atoms with van der Waals surface area (Å²) in [4.78, 5) is 0.